The molecule has 1 aliphatic rings. The van der Waals surface area contributed by atoms with E-state index in [1.165, 1.54) is 16.2 Å². The van der Waals surface area contributed by atoms with Crippen LogP contribution in [0.5, 0.6) is 0 Å². The molecular weight excluding hydrogens is 358 g/mol. The Morgan fingerprint density at radius 1 is 1.36 bits per heavy atom. The van der Waals surface area contributed by atoms with Crippen LogP contribution in [0.1, 0.15) is 50.1 Å². The normalized spacial score (nSPS) is 17.0. The molecule has 1 fully saturated rings. The summed E-state index contributed by atoms with van der Waals surface area (Å²) in [7, 11) is 0. The van der Waals surface area contributed by atoms with Crippen LogP contribution in [-0.2, 0) is 17.7 Å². The van der Waals surface area contributed by atoms with Crippen molar-refractivity contribution in [3.63, 3.8) is 0 Å². The fraction of sp³-hybridized carbons (Fsp3) is 0.353. The molecule has 1 aliphatic heterocycles. The molecule has 1 saturated heterocycles. The summed E-state index contributed by atoms with van der Waals surface area (Å²) in [6, 6.07) is 7.84. The molecule has 1 amide bonds. The Balaban J connectivity index is 1.32. The van der Waals surface area contributed by atoms with Gasteiger partial charge in [-0.2, -0.15) is 4.98 Å². The van der Waals surface area contributed by atoms with Crippen molar-refractivity contribution in [3.05, 3.63) is 56.0 Å². The molecule has 0 saturated carbocycles. The zero-order chi connectivity index (χ0) is 17.1. The third kappa shape index (κ3) is 3.97. The molecule has 25 heavy (non-hydrogen) atoms. The van der Waals surface area contributed by atoms with E-state index in [-0.39, 0.29) is 18.6 Å². The monoisotopic (exact) mass is 375 g/mol. The van der Waals surface area contributed by atoms with E-state index in [2.05, 4.69) is 15.5 Å². The van der Waals surface area contributed by atoms with E-state index >= 15 is 0 Å². The van der Waals surface area contributed by atoms with E-state index in [1.807, 2.05) is 29.6 Å². The highest BCUT2D eigenvalue weighted by atomic mass is 32.1. The summed E-state index contributed by atoms with van der Waals surface area (Å²) in [5, 5.41) is 8.80. The van der Waals surface area contributed by atoms with Crippen LogP contribution in [0.25, 0.3) is 0 Å². The van der Waals surface area contributed by atoms with E-state index in [4.69, 9.17) is 9.26 Å². The van der Waals surface area contributed by atoms with Crippen molar-refractivity contribution in [2.45, 2.75) is 31.9 Å². The van der Waals surface area contributed by atoms with Crippen molar-refractivity contribution >= 4 is 28.6 Å². The highest BCUT2D eigenvalue weighted by Gasteiger charge is 2.21. The van der Waals surface area contributed by atoms with Crippen molar-refractivity contribution in [1.29, 1.82) is 0 Å². The lowest BCUT2D eigenvalue weighted by Crippen LogP contribution is -2.21. The summed E-state index contributed by atoms with van der Waals surface area (Å²) in [6.45, 7) is 1.03. The van der Waals surface area contributed by atoms with Crippen LogP contribution in [0, 0.1) is 0 Å². The topological polar surface area (TPSA) is 77.3 Å². The molecule has 0 aromatic carbocycles. The zero-order valence-corrected chi connectivity index (χ0v) is 15.1. The van der Waals surface area contributed by atoms with E-state index in [0.29, 0.717) is 23.0 Å². The molecule has 3 aromatic rings. The van der Waals surface area contributed by atoms with Gasteiger partial charge in [-0.25, -0.2) is 0 Å². The van der Waals surface area contributed by atoms with Gasteiger partial charge in [0.05, 0.1) is 17.5 Å². The smallest absolute Gasteiger partial charge is 0.261 e. The van der Waals surface area contributed by atoms with Crippen LogP contribution < -0.4 is 5.32 Å². The summed E-state index contributed by atoms with van der Waals surface area (Å²) in [5.41, 5.74) is 0. The highest BCUT2D eigenvalue weighted by Crippen LogP contribution is 2.33. The van der Waals surface area contributed by atoms with Crippen LogP contribution in [0.4, 0.5) is 0 Å². The van der Waals surface area contributed by atoms with Gasteiger partial charge in [-0.1, -0.05) is 11.2 Å². The number of hydrogen-bond acceptors (Lipinski definition) is 7. The van der Waals surface area contributed by atoms with Crippen LogP contribution in [-0.4, -0.2) is 22.7 Å². The number of nitrogens with zero attached hydrogens (tertiary/aromatic N) is 2. The van der Waals surface area contributed by atoms with Gasteiger partial charge in [-0.15, -0.1) is 22.7 Å². The quantitative estimate of drug-likeness (QED) is 0.713. The Hall–Kier alpha value is -2.03. The lowest BCUT2D eigenvalue weighted by molar-refractivity contribution is 0.0950. The largest absolute Gasteiger partial charge is 0.373 e. The van der Waals surface area contributed by atoms with E-state index in [9.17, 15) is 4.79 Å². The SMILES string of the molecule is O=C(NCc1nc(Cc2cccs2)no1)c1ccc(C2CCCO2)s1. The molecule has 3 aromatic heterocycles. The van der Waals surface area contributed by atoms with Gasteiger partial charge in [0.1, 0.15) is 0 Å². The van der Waals surface area contributed by atoms with E-state index < -0.39 is 0 Å². The summed E-state index contributed by atoms with van der Waals surface area (Å²) in [5.74, 6) is 0.909. The van der Waals surface area contributed by atoms with Gasteiger partial charge in [-0.05, 0) is 36.4 Å². The molecule has 4 heterocycles. The second-order valence-electron chi connectivity index (χ2n) is 5.75. The minimum atomic E-state index is -0.132. The van der Waals surface area contributed by atoms with Gasteiger partial charge in [0.15, 0.2) is 5.82 Å². The predicted molar refractivity (Wildman–Crippen MR) is 94.8 cm³/mol. The first-order valence-corrected chi connectivity index (χ1v) is 9.81. The second kappa shape index (κ2) is 7.47. The minimum Gasteiger partial charge on any atom is -0.373 e. The Bertz CT molecular complexity index is 835. The molecule has 0 spiro atoms. The molecule has 8 heteroatoms. The first kappa shape index (κ1) is 16.4. The van der Waals surface area contributed by atoms with Crippen LogP contribution in [0.15, 0.2) is 34.2 Å². The number of rotatable bonds is 6. The van der Waals surface area contributed by atoms with Gasteiger partial charge in [0.25, 0.3) is 5.91 Å². The molecular formula is C17H17N3O3S2. The summed E-state index contributed by atoms with van der Waals surface area (Å²) < 4.78 is 10.9. The maximum atomic E-state index is 12.3. The fourth-order valence-corrected chi connectivity index (χ4v) is 4.41. The second-order valence-corrected chi connectivity index (χ2v) is 7.89. The third-order valence-corrected chi connectivity index (χ3v) is 5.97. The third-order valence-electron chi connectivity index (χ3n) is 3.92. The van der Waals surface area contributed by atoms with Crippen LogP contribution in [0.2, 0.25) is 0 Å². The minimum absolute atomic E-state index is 0.132. The van der Waals surface area contributed by atoms with Crippen LogP contribution in [0.3, 0.4) is 0 Å². The molecule has 1 atom stereocenters. The van der Waals surface area contributed by atoms with Crippen molar-refractivity contribution < 1.29 is 14.1 Å². The first-order valence-electron chi connectivity index (χ1n) is 8.11. The predicted octanol–water partition coefficient (Wildman–Crippen LogP) is 3.56. The van der Waals surface area contributed by atoms with Gasteiger partial charge in [-0.3, -0.25) is 4.79 Å². The van der Waals surface area contributed by atoms with Gasteiger partial charge < -0.3 is 14.6 Å². The summed E-state index contributed by atoms with van der Waals surface area (Å²) in [4.78, 5) is 19.6. The molecule has 0 aliphatic carbocycles. The van der Waals surface area contributed by atoms with Gasteiger partial charge >= 0.3 is 0 Å². The Kier molecular flexibility index (Phi) is 4.91. The number of hydrogen-bond donors (Lipinski definition) is 1. The maximum Gasteiger partial charge on any atom is 0.261 e. The van der Waals surface area contributed by atoms with E-state index in [0.717, 1.165) is 24.3 Å². The van der Waals surface area contributed by atoms with E-state index in [1.54, 1.807) is 11.3 Å². The lowest BCUT2D eigenvalue weighted by atomic mass is 10.2. The zero-order valence-electron chi connectivity index (χ0n) is 13.4. The van der Waals surface area contributed by atoms with Crippen molar-refractivity contribution in [1.82, 2.24) is 15.5 Å². The summed E-state index contributed by atoms with van der Waals surface area (Å²) in [6.07, 6.45) is 2.89. The summed E-state index contributed by atoms with van der Waals surface area (Å²) >= 11 is 3.13. The van der Waals surface area contributed by atoms with Gasteiger partial charge in [0, 0.05) is 22.8 Å². The van der Waals surface area contributed by atoms with Crippen molar-refractivity contribution in [2.75, 3.05) is 6.61 Å². The maximum absolute atomic E-state index is 12.3. The van der Waals surface area contributed by atoms with Gasteiger partial charge in [0.2, 0.25) is 5.89 Å². The van der Waals surface area contributed by atoms with Crippen molar-refractivity contribution in [2.24, 2.45) is 0 Å². The number of thiophene rings is 2. The average molecular weight is 375 g/mol. The van der Waals surface area contributed by atoms with Crippen LogP contribution >= 0.6 is 22.7 Å². The Morgan fingerprint density at radius 3 is 3.12 bits per heavy atom. The number of nitrogens with one attached hydrogen (secondary N) is 1. The Labute approximate surface area is 152 Å². The molecule has 0 radical (unpaired) electrons. The highest BCUT2D eigenvalue weighted by molar-refractivity contribution is 7.14. The lowest BCUT2D eigenvalue weighted by Gasteiger charge is -2.05. The average Bonchev–Trinajstić information content (AvgIpc) is 3.39. The molecule has 4 rings (SSSR count). The van der Waals surface area contributed by atoms with Crippen molar-refractivity contribution in [3.8, 4) is 0 Å². The number of carbonyl (C=O) groups is 1. The molecule has 6 nitrogen and oxygen atoms in total. The molecule has 0 bridgehead atoms. The first-order chi connectivity index (χ1) is 12.3. The standard InChI is InChI=1S/C17H17N3O3S2/c21-17(14-6-5-13(25-14)12-4-1-7-22-12)18-10-16-19-15(20-23-16)9-11-3-2-8-24-11/h2-3,5-6,8,12H,1,4,7,9-10H2,(H,18,21). The number of carbonyl (C=O) groups excluding carboxylic acids is 1. The molecule has 1 unspecified atom stereocenters. The Morgan fingerprint density at radius 2 is 2.32 bits per heavy atom. The number of ether oxygens (including phenoxy) is 1. The molecule has 130 valence electrons. The number of amides is 1. The number of aromatic nitrogens is 2. The molecule has 1 N–H and O–H groups in total. The fourth-order valence-electron chi connectivity index (χ4n) is 2.70.